The lowest BCUT2D eigenvalue weighted by Crippen LogP contribution is -2.28. The first-order valence-corrected chi connectivity index (χ1v) is 6.31. The van der Waals surface area contributed by atoms with Gasteiger partial charge in [-0.1, -0.05) is 6.07 Å². The summed E-state index contributed by atoms with van der Waals surface area (Å²) in [6, 6.07) is 5.64. The first kappa shape index (κ1) is 14.9. The Kier molecular flexibility index (Phi) is 4.16. The van der Waals surface area contributed by atoms with E-state index in [1.54, 1.807) is 14.0 Å². The zero-order valence-corrected chi connectivity index (χ0v) is 11.6. The number of amides is 1. The second-order valence-corrected chi connectivity index (χ2v) is 4.73. The lowest BCUT2D eigenvalue weighted by Gasteiger charge is -2.14. The van der Waals surface area contributed by atoms with E-state index in [1.807, 2.05) is 0 Å². The van der Waals surface area contributed by atoms with Crippen LogP contribution in [0.2, 0.25) is 0 Å². The van der Waals surface area contributed by atoms with E-state index in [0.717, 1.165) is 12.1 Å². The van der Waals surface area contributed by atoms with Crippen molar-refractivity contribution in [3.05, 3.63) is 69.6 Å². The van der Waals surface area contributed by atoms with Crippen LogP contribution in [0.1, 0.15) is 28.9 Å². The van der Waals surface area contributed by atoms with Crippen molar-refractivity contribution in [2.75, 3.05) is 0 Å². The van der Waals surface area contributed by atoms with Gasteiger partial charge in [0.15, 0.2) is 11.6 Å². The fourth-order valence-electron chi connectivity index (χ4n) is 1.83. The van der Waals surface area contributed by atoms with Crippen LogP contribution in [0, 0.1) is 11.6 Å². The molecule has 0 bridgehead atoms. The number of aryl methyl sites for hydroxylation is 1. The van der Waals surface area contributed by atoms with Crippen LogP contribution in [0.15, 0.2) is 41.3 Å². The van der Waals surface area contributed by atoms with Crippen LogP contribution >= 0.6 is 0 Å². The summed E-state index contributed by atoms with van der Waals surface area (Å²) in [6.45, 7) is 1.64. The second-order valence-electron chi connectivity index (χ2n) is 4.73. The molecule has 2 aromatic rings. The third-order valence-corrected chi connectivity index (χ3v) is 3.16. The molecule has 1 aromatic heterocycles. The molecule has 0 aliphatic carbocycles. The first-order chi connectivity index (χ1) is 9.88. The highest BCUT2D eigenvalue weighted by Gasteiger charge is 2.13. The van der Waals surface area contributed by atoms with Crippen LogP contribution < -0.4 is 10.9 Å². The van der Waals surface area contributed by atoms with Gasteiger partial charge in [0.2, 0.25) is 0 Å². The molecule has 1 amide bonds. The fourth-order valence-corrected chi connectivity index (χ4v) is 1.83. The highest BCUT2D eigenvalue weighted by atomic mass is 19.2. The molecule has 2 rings (SSSR count). The van der Waals surface area contributed by atoms with E-state index in [2.05, 4.69) is 5.32 Å². The van der Waals surface area contributed by atoms with E-state index in [1.165, 1.54) is 29.0 Å². The van der Waals surface area contributed by atoms with Crippen LogP contribution in [0.25, 0.3) is 0 Å². The third kappa shape index (κ3) is 3.34. The number of hydrogen-bond acceptors (Lipinski definition) is 2. The molecular formula is C15H14F2N2O2. The Morgan fingerprint density at radius 1 is 1.19 bits per heavy atom. The first-order valence-electron chi connectivity index (χ1n) is 6.31. The minimum Gasteiger partial charge on any atom is -0.346 e. The van der Waals surface area contributed by atoms with Gasteiger partial charge in [0, 0.05) is 24.9 Å². The standard InChI is InChI=1S/C15H14F2N2O2/c1-9(10-3-4-12(16)13(17)7-10)18-15(21)11-5-6-19(2)14(20)8-11/h3-9H,1-2H3,(H,18,21). The summed E-state index contributed by atoms with van der Waals surface area (Å²) >= 11 is 0. The van der Waals surface area contributed by atoms with Crippen molar-refractivity contribution >= 4 is 5.91 Å². The van der Waals surface area contributed by atoms with Gasteiger partial charge in [-0.3, -0.25) is 9.59 Å². The van der Waals surface area contributed by atoms with Crippen molar-refractivity contribution in [2.45, 2.75) is 13.0 Å². The monoisotopic (exact) mass is 292 g/mol. The van der Waals surface area contributed by atoms with Gasteiger partial charge in [0.05, 0.1) is 6.04 Å². The molecule has 6 heteroatoms. The van der Waals surface area contributed by atoms with Crippen LogP contribution in [0.4, 0.5) is 8.78 Å². The molecule has 0 aliphatic rings. The SMILES string of the molecule is CC(NC(=O)c1ccn(C)c(=O)c1)c1ccc(F)c(F)c1. The average molecular weight is 292 g/mol. The maximum absolute atomic E-state index is 13.2. The Morgan fingerprint density at radius 3 is 2.52 bits per heavy atom. The number of halogens is 2. The molecule has 1 N–H and O–H groups in total. The molecule has 0 saturated heterocycles. The van der Waals surface area contributed by atoms with Crippen LogP contribution in [-0.2, 0) is 7.05 Å². The minimum absolute atomic E-state index is 0.215. The van der Waals surface area contributed by atoms with Gasteiger partial charge in [-0.05, 0) is 30.7 Å². The Morgan fingerprint density at radius 2 is 1.90 bits per heavy atom. The predicted molar refractivity (Wildman–Crippen MR) is 73.9 cm³/mol. The summed E-state index contributed by atoms with van der Waals surface area (Å²) in [6.07, 6.45) is 1.49. The smallest absolute Gasteiger partial charge is 0.252 e. The van der Waals surface area contributed by atoms with Crippen molar-refractivity contribution in [1.29, 1.82) is 0 Å². The maximum Gasteiger partial charge on any atom is 0.252 e. The Balaban J connectivity index is 2.16. The summed E-state index contributed by atoms with van der Waals surface area (Å²) in [5.74, 6) is -2.36. The van der Waals surface area contributed by atoms with Crippen molar-refractivity contribution in [3.63, 3.8) is 0 Å². The van der Waals surface area contributed by atoms with E-state index >= 15 is 0 Å². The van der Waals surface area contributed by atoms with Gasteiger partial charge in [-0.2, -0.15) is 0 Å². The number of nitrogens with one attached hydrogen (secondary N) is 1. The molecule has 1 aromatic carbocycles. The molecule has 1 unspecified atom stereocenters. The van der Waals surface area contributed by atoms with Gasteiger partial charge >= 0.3 is 0 Å². The summed E-state index contributed by atoms with van der Waals surface area (Å²) in [5.41, 5.74) is 0.349. The van der Waals surface area contributed by atoms with Crippen molar-refractivity contribution in [3.8, 4) is 0 Å². The average Bonchev–Trinajstić information content (AvgIpc) is 2.44. The van der Waals surface area contributed by atoms with Crippen LogP contribution in [-0.4, -0.2) is 10.5 Å². The molecule has 0 fully saturated rings. The predicted octanol–water partition coefficient (Wildman–Crippen LogP) is 2.15. The van der Waals surface area contributed by atoms with Crippen molar-refractivity contribution < 1.29 is 13.6 Å². The number of pyridine rings is 1. The normalized spacial score (nSPS) is 12.0. The van der Waals surface area contributed by atoms with E-state index in [4.69, 9.17) is 0 Å². The number of rotatable bonds is 3. The topological polar surface area (TPSA) is 51.1 Å². The lowest BCUT2D eigenvalue weighted by atomic mass is 10.1. The Hall–Kier alpha value is -2.50. The number of carbonyl (C=O) groups excluding carboxylic acids is 1. The molecule has 0 spiro atoms. The zero-order chi connectivity index (χ0) is 15.6. The summed E-state index contributed by atoms with van der Waals surface area (Å²) < 4.78 is 27.4. The van der Waals surface area contributed by atoms with Gasteiger partial charge in [-0.25, -0.2) is 8.78 Å². The number of aromatic nitrogens is 1. The van der Waals surface area contributed by atoms with Crippen LogP contribution in [0.5, 0.6) is 0 Å². The molecule has 21 heavy (non-hydrogen) atoms. The quantitative estimate of drug-likeness (QED) is 0.942. The lowest BCUT2D eigenvalue weighted by molar-refractivity contribution is 0.0939. The second kappa shape index (κ2) is 5.87. The molecule has 0 saturated carbocycles. The maximum atomic E-state index is 13.2. The highest BCUT2D eigenvalue weighted by Crippen LogP contribution is 2.16. The number of carbonyl (C=O) groups is 1. The van der Waals surface area contributed by atoms with Gasteiger partial charge in [0.25, 0.3) is 11.5 Å². The van der Waals surface area contributed by atoms with Gasteiger partial charge < -0.3 is 9.88 Å². The molecule has 1 atom stereocenters. The molecule has 1 heterocycles. The summed E-state index contributed by atoms with van der Waals surface area (Å²) in [7, 11) is 1.58. The van der Waals surface area contributed by atoms with Crippen LogP contribution in [0.3, 0.4) is 0 Å². The zero-order valence-electron chi connectivity index (χ0n) is 11.6. The summed E-state index contributed by atoms with van der Waals surface area (Å²) in [5, 5.41) is 2.63. The van der Waals surface area contributed by atoms with Gasteiger partial charge in [0.1, 0.15) is 0 Å². The van der Waals surface area contributed by atoms with E-state index in [9.17, 15) is 18.4 Å². The molecule has 0 radical (unpaired) electrons. The van der Waals surface area contributed by atoms with Gasteiger partial charge in [-0.15, -0.1) is 0 Å². The highest BCUT2D eigenvalue weighted by molar-refractivity contribution is 5.94. The summed E-state index contributed by atoms with van der Waals surface area (Å²) in [4.78, 5) is 23.5. The number of benzene rings is 1. The minimum atomic E-state index is -0.970. The molecule has 0 aliphatic heterocycles. The van der Waals surface area contributed by atoms with Crippen molar-refractivity contribution in [2.24, 2.45) is 7.05 Å². The third-order valence-electron chi connectivity index (χ3n) is 3.16. The molecule has 110 valence electrons. The van der Waals surface area contributed by atoms with Crippen molar-refractivity contribution in [1.82, 2.24) is 9.88 Å². The van der Waals surface area contributed by atoms with E-state index < -0.39 is 23.6 Å². The number of nitrogens with zero attached hydrogens (tertiary/aromatic N) is 1. The van der Waals surface area contributed by atoms with E-state index in [-0.39, 0.29) is 11.1 Å². The molecule has 4 nitrogen and oxygen atoms in total. The Bertz CT molecular complexity index is 741. The Labute approximate surface area is 120 Å². The number of hydrogen-bond donors (Lipinski definition) is 1. The van der Waals surface area contributed by atoms with E-state index in [0.29, 0.717) is 5.56 Å². The largest absolute Gasteiger partial charge is 0.346 e. The molecular weight excluding hydrogens is 278 g/mol. The fraction of sp³-hybridized carbons (Fsp3) is 0.200.